The third-order valence-electron chi connectivity index (χ3n) is 5.41. The van der Waals surface area contributed by atoms with Crippen molar-refractivity contribution in [2.75, 3.05) is 31.1 Å². The van der Waals surface area contributed by atoms with Crippen LogP contribution >= 0.6 is 0 Å². The summed E-state index contributed by atoms with van der Waals surface area (Å²) in [6.45, 7) is 2.63. The quantitative estimate of drug-likeness (QED) is 0.539. The molecular weight excluding hydrogens is 390 g/mol. The van der Waals surface area contributed by atoms with E-state index in [4.69, 9.17) is 0 Å². The Balaban J connectivity index is 1.32. The molecule has 0 unspecified atom stereocenters. The molecule has 9 heteroatoms. The number of fused-ring (bicyclic) bond motifs is 2. The molecule has 1 saturated heterocycles. The van der Waals surface area contributed by atoms with Crippen molar-refractivity contribution in [2.45, 2.75) is 12.8 Å². The Kier molecular flexibility index (Phi) is 4.57. The summed E-state index contributed by atoms with van der Waals surface area (Å²) in [6, 6.07) is 12.7. The Morgan fingerprint density at radius 3 is 2.60 bits per heavy atom. The molecule has 0 atom stereocenters. The zero-order valence-electron chi connectivity index (χ0n) is 16.1. The summed E-state index contributed by atoms with van der Waals surface area (Å²) in [6.07, 6.45) is -1.86. The molecular formula is C21H20F2N6O. The highest BCUT2D eigenvalue weighted by Crippen LogP contribution is 2.22. The zero-order chi connectivity index (χ0) is 20.7. The number of hydrogen-bond acceptors (Lipinski definition) is 4. The molecule has 2 aromatic heterocycles. The molecule has 1 fully saturated rings. The second kappa shape index (κ2) is 7.40. The lowest BCUT2D eigenvalue weighted by Gasteiger charge is -2.21. The van der Waals surface area contributed by atoms with Crippen molar-refractivity contribution < 1.29 is 13.6 Å². The molecule has 0 bridgehead atoms. The molecule has 1 amide bonds. The first-order valence-corrected chi connectivity index (χ1v) is 9.85. The fourth-order valence-electron chi connectivity index (χ4n) is 3.87. The molecule has 2 aromatic carbocycles. The number of alkyl halides is 2. The van der Waals surface area contributed by atoms with Crippen LogP contribution in [0.3, 0.4) is 0 Å². The smallest absolute Gasteiger partial charge is 0.295 e. The maximum Gasteiger partial charge on any atom is 0.295 e. The van der Waals surface area contributed by atoms with Gasteiger partial charge in [0.25, 0.3) is 12.3 Å². The minimum atomic E-state index is -2.67. The van der Waals surface area contributed by atoms with Crippen molar-refractivity contribution in [3.05, 3.63) is 53.9 Å². The number of hydrogen-bond donors (Lipinski definition) is 2. The number of halogens is 2. The number of carbonyl (C=O) groups is 1. The van der Waals surface area contributed by atoms with Crippen molar-refractivity contribution in [2.24, 2.45) is 0 Å². The van der Waals surface area contributed by atoms with Crippen LogP contribution in [0.25, 0.3) is 22.1 Å². The van der Waals surface area contributed by atoms with Crippen LogP contribution in [-0.2, 0) is 0 Å². The highest BCUT2D eigenvalue weighted by Gasteiger charge is 2.23. The first kappa shape index (κ1) is 18.5. The topological polar surface area (TPSA) is 80.9 Å². The lowest BCUT2D eigenvalue weighted by Crippen LogP contribution is -2.35. The Hall–Kier alpha value is -3.49. The van der Waals surface area contributed by atoms with Crippen LogP contribution in [0.2, 0.25) is 0 Å². The summed E-state index contributed by atoms with van der Waals surface area (Å²) in [5.41, 5.74) is 3.23. The molecule has 1 aliphatic heterocycles. The van der Waals surface area contributed by atoms with E-state index in [2.05, 4.69) is 24.8 Å². The van der Waals surface area contributed by atoms with Gasteiger partial charge in [-0.2, -0.15) is 0 Å². The zero-order valence-corrected chi connectivity index (χ0v) is 16.1. The number of imidazole rings is 2. The average Bonchev–Trinajstić information content (AvgIpc) is 3.30. The fourth-order valence-corrected chi connectivity index (χ4v) is 3.87. The van der Waals surface area contributed by atoms with Gasteiger partial charge in [-0.25, -0.2) is 18.7 Å². The Morgan fingerprint density at radius 1 is 0.933 bits per heavy atom. The minimum Gasteiger partial charge on any atom is -0.341 e. The number of nitrogens with zero attached hydrogens (tertiary/aromatic N) is 4. The lowest BCUT2D eigenvalue weighted by molar-refractivity contribution is 0.0767. The predicted molar refractivity (Wildman–Crippen MR) is 110 cm³/mol. The molecule has 154 valence electrons. The van der Waals surface area contributed by atoms with E-state index in [1.54, 1.807) is 23.1 Å². The van der Waals surface area contributed by atoms with Crippen molar-refractivity contribution >= 4 is 33.9 Å². The number of H-pyrrole nitrogens is 2. The maximum absolute atomic E-state index is 13.0. The van der Waals surface area contributed by atoms with Gasteiger partial charge in [-0.05, 0) is 36.8 Å². The molecule has 5 rings (SSSR count). The Labute approximate surface area is 170 Å². The molecule has 0 radical (unpaired) electrons. The number of aromatic nitrogens is 4. The van der Waals surface area contributed by atoms with Crippen LogP contribution in [0, 0.1) is 0 Å². The Bertz CT molecular complexity index is 1180. The normalized spacial score (nSPS) is 15.3. The number of nitrogens with one attached hydrogen (secondary N) is 2. The van der Waals surface area contributed by atoms with E-state index < -0.39 is 6.43 Å². The van der Waals surface area contributed by atoms with Crippen molar-refractivity contribution in [3.63, 3.8) is 0 Å². The fraction of sp³-hybridized carbons (Fsp3) is 0.286. The van der Waals surface area contributed by atoms with Gasteiger partial charge >= 0.3 is 0 Å². The number of carbonyl (C=O) groups excluding carboxylic acids is 1. The van der Waals surface area contributed by atoms with Crippen LogP contribution < -0.4 is 4.90 Å². The first-order chi connectivity index (χ1) is 14.6. The molecule has 1 aliphatic rings. The van der Waals surface area contributed by atoms with Crippen LogP contribution in [0.15, 0.2) is 42.5 Å². The third kappa shape index (κ3) is 3.36. The van der Waals surface area contributed by atoms with E-state index in [-0.39, 0.29) is 11.7 Å². The largest absolute Gasteiger partial charge is 0.341 e. The number of para-hydroxylation sites is 2. The van der Waals surface area contributed by atoms with Crippen LogP contribution in [0.5, 0.6) is 0 Å². The monoisotopic (exact) mass is 410 g/mol. The van der Waals surface area contributed by atoms with Gasteiger partial charge in [-0.15, -0.1) is 0 Å². The van der Waals surface area contributed by atoms with Gasteiger partial charge in [-0.1, -0.05) is 12.1 Å². The van der Waals surface area contributed by atoms with Crippen LogP contribution in [0.4, 0.5) is 14.7 Å². The average molecular weight is 410 g/mol. The predicted octanol–water partition coefficient (Wildman–Crippen LogP) is 3.73. The van der Waals surface area contributed by atoms with E-state index in [1.165, 1.54) is 0 Å². The molecule has 0 saturated carbocycles. The second-order valence-corrected chi connectivity index (χ2v) is 7.37. The van der Waals surface area contributed by atoms with Crippen LogP contribution in [-0.4, -0.2) is 56.9 Å². The standard InChI is InChI=1S/C21H20F2N6O/c22-18(23)19-24-16-7-6-13(12-17(16)25-19)20(30)28-8-3-9-29(11-10-28)21-26-14-4-1-2-5-15(14)27-21/h1-2,4-7,12,18H,3,8-11H2,(H,24,25)(H,26,27). The number of anilines is 1. The van der Waals surface area contributed by atoms with Gasteiger partial charge in [0, 0.05) is 31.7 Å². The molecule has 7 nitrogen and oxygen atoms in total. The summed E-state index contributed by atoms with van der Waals surface area (Å²) >= 11 is 0. The summed E-state index contributed by atoms with van der Waals surface area (Å²) in [5, 5.41) is 0. The van der Waals surface area contributed by atoms with Gasteiger partial charge in [-0.3, -0.25) is 4.79 Å². The van der Waals surface area contributed by atoms with Crippen molar-refractivity contribution in [3.8, 4) is 0 Å². The van der Waals surface area contributed by atoms with Crippen molar-refractivity contribution in [1.82, 2.24) is 24.8 Å². The third-order valence-corrected chi connectivity index (χ3v) is 5.41. The van der Waals surface area contributed by atoms with E-state index in [0.717, 1.165) is 29.9 Å². The molecule has 2 N–H and O–H groups in total. The van der Waals surface area contributed by atoms with Crippen molar-refractivity contribution in [1.29, 1.82) is 0 Å². The SMILES string of the molecule is O=C(c1ccc2nc(C(F)F)[nH]c2c1)N1CCCN(c2nc3ccccc3[nH]2)CC1. The van der Waals surface area contributed by atoms with E-state index >= 15 is 0 Å². The molecule has 3 heterocycles. The van der Waals surface area contributed by atoms with Gasteiger partial charge < -0.3 is 19.8 Å². The summed E-state index contributed by atoms with van der Waals surface area (Å²) < 4.78 is 25.7. The molecule has 4 aromatic rings. The number of aromatic amines is 2. The molecule has 0 spiro atoms. The van der Waals surface area contributed by atoms with E-state index in [0.29, 0.717) is 36.2 Å². The molecule has 30 heavy (non-hydrogen) atoms. The lowest BCUT2D eigenvalue weighted by atomic mass is 10.1. The summed E-state index contributed by atoms with van der Waals surface area (Å²) in [7, 11) is 0. The summed E-state index contributed by atoms with van der Waals surface area (Å²) in [4.78, 5) is 31.4. The first-order valence-electron chi connectivity index (χ1n) is 9.85. The summed E-state index contributed by atoms with van der Waals surface area (Å²) in [5.74, 6) is 0.311. The van der Waals surface area contributed by atoms with E-state index in [9.17, 15) is 13.6 Å². The van der Waals surface area contributed by atoms with Gasteiger partial charge in [0.05, 0.1) is 22.1 Å². The number of amides is 1. The Morgan fingerprint density at radius 2 is 1.77 bits per heavy atom. The second-order valence-electron chi connectivity index (χ2n) is 7.37. The van der Waals surface area contributed by atoms with Gasteiger partial charge in [0.15, 0.2) is 5.82 Å². The maximum atomic E-state index is 13.0. The van der Waals surface area contributed by atoms with Gasteiger partial charge in [0.1, 0.15) is 0 Å². The van der Waals surface area contributed by atoms with Gasteiger partial charge in [0.2, 0.25) is 5.95 Å². The van der Waals surface area contributed by atoms with Crippen LogP contribution in [0.1, 0.15) is 29.0 Å². The highest BCUT2D eigenvalue weighted by molar-refractivity contribution is 5.97. The molecule has 0 aliphatic carbocycles. The number of rotatable bonds is 3. The highest BCUT2D eigenvalue weighted by atomic mass is 19.3. The number of benzene rings is 2. The minimum absolute atomic E-state index is 0.114. The van der Waals surface area contributed by atoms with E-state index in [1.807, 2.05) is 24.3 Å².